The SMILES string of the molecule is Clc1ccc(-c2noc(CCN3CCN(c4cccnn4)CC3)n2)cc1. The molecule has 0 saturated carbocycles. The number of halogens is 1. The zero-order chi connectivity index (χ0) is 17.8. The average Bonchev–Trinajstić information content (AvgIpc) is 3.17. The molecule has 0 spiro atoms. The van der Waals surface area contributed by atoms with Gasteiger partial charge in [-0.3, -0.25) is 4.90 Å². The van der Waals surface area contributed by atoms with Gasteiger partial charge >= 0.3 is 0 Å². The number of piperazine rings is 1. The van der Waals surface area contributed by atoms with E-state index in [9.17, 15) is 0 Å². The van der Waals surface area contributed by atoms with Gasteiger partial charge in [0.25, 0.3) is 0 Å². The number of anilines is 1. The molecule has 1 fully saturated rings. The molecule has 26 heavy (non-hydrogen) atoms. The first kappa shape index (κ1) is 16.9. The first-order valence-electron chi connectivity index (χ1n) is 8.61. The predicted molar refractivity (Wildman–Crippen MR) is 99.1 cm³/mol. The van der Waals surface area contributed by atoms with Crippen molar-refractivity contribution < 1.29 is 4.52 Å². The molecular weight excluding hydrogens is 352 g/mol. The van der Waals surface area contributed by atoms with E-state index in [2.05, 4.69) is 30.1 Å². The second-order valence-corrected chi connectivity index (χ2v) is 6.62. The molecule has 3 aromatic rings. The maximum Gasteiger partial charge on any atom is 0.228 e. The quantitative estimate of drug-likeness (QED) is 0.683. The van der Waals surface area contributed by atoms with Crippen molar-refractivity contribution >= 4 is 17.4 Å². The van der Waals surface area contributed by atoms with Gasteiger partial charge in [-0.25, -0.2) is 0 Å². The van der Waals surface area contributed by atoms with Crippen LogP contribution < -0.4 is 4.90 Å². The molecule has 1 saturated heterocycles. The van der Waals surface area contributed by atoms with Gasteiger partial charge in [-0.2, -0.15) is 10.1 Å². The minimum atomic E-state index is 0.601. The van der Waals surface area contributed by atoms with Crippen LogP contribution in [0.2, 0.25) is 5.02 Å². The lowest BCUT2D eigenvalue weighted by Gasteiger charge is -2.34. The Morgan fingerprint density at radius 1 is 1.04 bits per heavy atom. The molecule has 8 heteroatoms. The standard InChI is InChI=1S/C18H19ClN6O/c19-15-5-3-14(4-6-15)18-21-17(26-23-18)7-9-24-10-12-25(13-11-24)16-2-1-8-20-22-16/h1-6,8H,7,9-13H2. The summed E-state index contributed by atoms with van der Waals surface area (Å²) >= 11 is 5.91. The molecule has 0 aliphatic carbocycles. The number of nitrogens with zero attached hydrogens (tertiary/aromatic N) is 6. The highest BCUT2D eigenvalue weighted by Gasteiger charge is 2.19. The van der Waals surface area contributed by atoms with Crippen molar-refractivity contribution in [2.24, 2.45) is 0 Å². The van der Waals surface area contributed by atoms with E-state index in [1.807, 2.05) is 36.4 Å². The van der Waals surface area contributed by atoms with Crippen LogP contribution in [0.25, 0.3) is 11.4 Å². The fourth-order valence-electron chi connectivity index (χ4n) is 2.99. The van der Waals surface area contributed by atoms with Gasteiger partial charge in [0.1, 0.15) is 0 Å². The Kier molecular flexibility index (Phi) is 5.08. The van der Waals surface area contributed by atoms with Crippen molar-refractivity contribution in [1.29, 1.82) is 0 Å². The van der Waals surface area contributed by atoms with Gasteiger partial charge in [-0.05, 0) is 36.4 Å². The first-order chi connectivity index (χ1) is 12.8. The van der Waals surface area contributed by atoms with E-state index in [0.717, 1.165) is 50.5 Å². The summed E-state index contributed by atoms with van der Waals surface area (Å²) in [5, 5.41) is 12.9. The minimum absolute atomic E-state index is 0.601. The Hall–Kier alpha value is -2.51. The van der Waals surface area contributed by atoms with Crippen LogP contribution in [0, 0.1) is 0 Å². The monoisotopic (exact) mass is 370 g/mol. The first-order valence-corrected chi connectivity index (χ1v) is 8.99. The highest BCUT2D eigenvalue weighted by atomic mass is 35.5. The zero-order valence-corrected chi connectivity index (χ0v) is 15.0. The summed E-state index contributed by atoms with van der Waals surface area (Å²) < 4.78 is 5.38. The molecule has 0 atom stereocenters. The van der Waals surface area contributed by atoms with E-state index >= 15 is 0 Å². The average molecular weight is 371 g/mol. The summed E-state index contributed by atoms with van der Waals surface area (Å²) in [7, 11) is 0. The van der Waals surface area contributed by atoms with Crippen molar-refractivity contribution in [3.63, 3.8) is 0 Å². The van der Waals surface area contributed by atoms with Crippen LogP contribution in [0.5, 0.6) is 0 Å². The predicted octanol–water partition coefficient (Wildman–Crippen LogP) is 2.54. The van der Waals surface area contributed by atoms with E-state index in [1.165, 1.54) is 0 Å². The van der Waals surface area contributed by atoms with Gasteiger partial charge in [0.05, 0.1) is 0 Å². The minimum Gasteiger partial charge on any atom is -0.353 e. The van der Waals surface area contributed by atoms with Crippen LogP contribution >= 0.6 is 11.6 Å². The smallest absolute Gasteiger partial charge is 0.228 e. The molecule has 4 rings (SSSR count). The molecule has 7 nitrogen and oxygen atoms in total. The molecule has 134 valence electrons. The van der Waals surface area contributed by atoms with Crippen LogP contribution in [0.3, 0.4) is 0 Å². The molecule has 1 aliphatic heterocycles. The molecule has 3 heterocycles. The second kappa shape index (κ2) is 7.80. The van der Waals surface area contributed by atoms with Crippen molar-refractivity contribution in [3.8, 4) is 11.4 Å². The summed E-state index contributed by atoms with van der Waals surface area (Å²) in [6.45, 7) is 4.75. The van der Waals surface area contributed by atoms with E-state index in [4.69, 9.17) is 16.1 Å². The zero-order valence-electron chi connectivity index (χ0n) is 14.3. The van der Waals surface area contributed by atoms with Crippen LogP contribution in [0.15, 0.2) is 47.1 Å². The Bertz CT molecular complexity index is 830. The number of rotatable bonds is 5. The lowest BCUT2D eigenvalue weighted by atomic mass is 10.2. The molecule has 0 N–H and O–H groups in total. The second-order valence-electron chi connectivity index (χ2n) is 6.18. The largest absolute Gasteiger partial charge is 0.353 e. The van der Waals surface area contributed by atoms with Gasteiger partial charge in [-0.1, -0.05) is 16.8 Å². The summed E-state index contributed by atoms with van der Waals surface area (Å²) in [5.74, 6) is 2.20. The van der Waals surface area contributed by atoms with E-state index in [0.29, 0.717) is 16.7 Å². The van der Waals surface area contributed by atoms with Crippen molar-refractivity contribution in [3.05, 3.63) is 53.5 Å². The fraction of sp³-hybridized carbons (Fsp3) is 0.333. The van der Waals surface area contributed by atoms with Crippen LogP contribution in [0.4, 0.5) is 5.82 Å². The number of hydrogen-bond acceptors (Lipinski definition) is 7. The van der Waals surface area contributed by atoms with Crippen molar-refractivity contribution in [2.45, 2.75) is 6.42 Å². The lowest BCUT2D eigenvalue weighted by molar-refractivity contribution is 0.248. The third-order valence-electron chi connectivity index (χ3n) is 4.47. The van der Waals surface area contributed by atoms with Crippen LogP contribution in [0.1, 0.15) is 5.89 Å². The number of benzene rings is 1. The summed E-state index contributed by atoms with van der Waals surface area (Å²) in [4.78, 5) is 9.14. The fourth-order valence-corrected chi connectivity index (χ4v) is 3.12. The van der Waals surface area contributed by atoms with E-state index in [1.54, 1.807) is 6.20 Å². The Morgan fingerprint density at radius 2 is 1.85 bits per heavy atom. The normalized spacial score (nSPS) is 15.3. The summed E-state index contributed by atoms with van der Waals surface area (Å²) in [5.41, 5.74) is 0.905. The Labute approximate surface area is 156 Å². The molecule has 1 aromatic carbocycles. The van der Waals surface area contributed by atoms with Gasteiger partial charge in [0.15, 0.2) is 5.82 Å². The van der Waals surface area contributed by atoms with Gasteiger partial charge < -0.3 is 9.42 Å². The van der Waals surface area contributed by atoms with Gasteiger partial charge in [0, 0.05) is 55.9 Å². The molecule has 0 unspecified atom stereocenters. The molecule has 0 radical (unpaired) electrons. The Balaban J connectivity index is 1.28. The molecule has 1 aliphatic rings. The Morgan fingerprint density at radius 3 is 2.58 bits per heavy atom. The maximum absolute atomic E-state index is 5.91. The van der Waals surface area contributed by atoms with Crippen molar-refractivity contribution in [1.82, 2.24) is 25.2 Å². The topological polar surface area (TPSA) is 71.2 Å². The van der Waals surface area contributed by atoms with Gasteiger partial charge in [-0.15, -0.1) is 5.10 Å². The number of hydrogen-bond donors (Lipinski definition) is 0. The summed E-state index contributed by atoms with van der Waals surface area (Å²) in [6.07, 6.45) is 2.44. The van der Waals surface area contributed by atoms with Crippen LogP contribution in [-0.2, 0) is 6.42 Å². The highest BCUT2D eigenvalue weighted by molar-refractivity contribution is 6.30. The number of aromatic nitrogens is 4. The lowest BCUT2D eigenvalue weighted by Crippen LogP contribution is -2.47. The van der Waals surface area contributed by atoms with Crippen molar-refractivity contribution in [2.75, 3.05) is 37.6 Å². The van der Waals surface area contributed by atoms with Gasteiger partial charge in [0.2, 0.25) is 11.7 Å². The van der Waals surface area contributed by atoms with E-state index < -0.39 is 0 Å². The molecular formula is C18H19ClN6O. The third-order valence-corrected chi connectivity index (χ3v) is 4.72. The molecule has 0 bridgehead atoms. The van der Waals surface area contributed by atoms with E-state index in [-0.39, 0.29) is 0 Å². The molecule has 0 amide bonds. The molecule has 2 aromatic heterocycles. The third kappa shape index (κ3) is 4.00. The highest BCUT2D eigenvalue weighted by Crippen LogP contribution is 2.19. The van der Waals surface area contributed by atoms with Crippen LogP contribution in [-0.4, -0.2) is 58.0 Å². The maximum atomic E-state index is 5.91. The summed E-state index contributed by atoms with van der Waals surface area (Å²) in [6, 6.07) is 11.3.